The third-order valence-corrected chi connectivity index (χ3v) is 4.23. The summed E-state index contributed by atoms with van der Waals surface area (Å²) in [6.45, 7) is 2.89. The normalized spacial score (nSPS) is 11.0. The zero-order chi connectivity index (χ0) is 15.1. The van der Waals surface area contributed by atoms with Crippen LogP contribution in [0.15, 0.2) is 29.4 Å². The van der Waals surface area contributed by atoms with E-state index in [4.69, 9.17) is 10.6 Å². The molecule has 1 aromatic carbocycles. The molecule has 0 unspecified atom stereocenters. The Morgan fingerprint density at radius 2 is 1.90 bits per heavy atom. The van der Waals surface area contributed by atoms with E-state index in [-0.39, 0.29) is 0 Å². The number of hydrogen-bond donors (Lipinski definition) is 1. The Bertz CT molecular complexity index is 553. The van der Waals surface area contributed by atoms with Crippen LogP contribution in [0.2, 0.25) is 0 Å². The highest BCUT2D eigenvalue weighted by molar-refractivity contribution is 7.99. The van der Waals surface area contributed by atoms with Crippen LogP contribution in [0.25, 0.3) is 11.4 Å². The van der Waals surface area contributed by atoms with Gasteiger partial charge in [-0.05, 0) is 19.8 Å². The van der Waals surface area contributed by atoms with Gasteiger partial charge in [-0.25, -0.2) is 4.68 Å². The van der Waals surface area contributed by atoms with Crippen LogP contribution in [0.4, 0.5) is 0 Å². The molecule has 6 heteroatoms. The van der Waals surface area contributed by atoms with Crippen LogP contribution >= 0.6 is 11.8 Å². The second kappa shape index (κ2) is 8.05. The van der Waals surface area contributed by atoms with Crippen LogP contribution in [0, 0.1) is 6.92 Å². The van der Waals surface area contributed by atoms with E-state index >= 15 is 0 Å². The van der Waals surface area contributed by atoms with E-state index in [9.17, 15) is 0 Å². The maximum atomic E-state index is 6.09. The van der Waals surface area contributed by atoms with Gasteiger partial charge in [0, 0.05) is 25.0 Å². The van der Waals surface area contributed by atoms with Gasteiger partial charge in [0.1, 0.15) is 0 Å². The molecule has 2 N–H and O–H groups in total. The summed E-state index contributed by atoms with van der Waals surface area (Å²) < 4.78 is 6.61. The number of aryl methyl sites for hydroxylation is 1. The number of aromatic nitrogens is 3. The first-order valence-electron chi connectivity index (χ1n) is 7.11. The molecule has 0 fully saturated rings. The van der Waals surface area contributed by atoms with Crippen LogP contribution in [-0.2, 0) is 4.74 Å². The predicted octanol–water partition coefficient (Wildman–Crippen LogP) is 2.88. The molecule has 21 heavy (non-hydrogen) atoms. The van der Waals surface area contributed by atoms with Crippen LogP contribution in [-0.4, -0.2) is 34.3 Å². The van der Waals surface area contributed by atoms with Gasteiger partial charge in [0.05, 0.1) is 0 Å². The van der Waals surface area contributed by atoms with Gasteiger partial charge in [-0.2, -0.15) is 0 Å². The molecule has 0 saturated heterocycles. The summed E-state index contributed by atoms with van der Waals surface area (Å²) in [6.07, 6.45) is 3.38. The summed E-state index contributed by atoms with van der Waals surface area (Å²) in [5.74, 6) is 7.79. The highest BCUT2D eigenvalue weighted by Gasteiger charge is 2.11. The molecule has 0 bridgehead atoms. The number of rotatable bonds is 8. The SMILES string of the molecule is COCCCCCSc1nnc(-c2ccc(C)cc2)n1N. The van der Waals surface area contributed by atoms with Crippen molar-refractivity contribution in [3.8, 4) is 11.4 Å². The van der Waals surface area contributed by atoms with E-state index in [1.165, 1.54) is 5.56 Å². The molecule has 0 saturated carbocycles. The molecule has 2 aromatic rings. The van der Waals surface area contributed by atoms with Crippen LogP contribution in [0.1, 0.15) is 24.8 Å². The fourth-order valence-corrected chi connectivity index (χ4v) is 2.82. The first kappa shape index (κ1) is 15.9. The van der Waals surface area contributed by atoms with Gasteiger partial charge >= 0.3 is 0 Å². The van der Waals surface area contributed by atoms with Crippen LogP contribution in [0.3, 0.4) is 0 Å². The average molecular weight is 306 g/mol. The van der Waals surface area contributed by atoms with Crippen molar-refractivity contribution in [3.63, 3.8) is 0 Å². The van der Waals surface area contributed by atoms with E-state index < -0.39 is 0 Å². The van der Waals surface area contributed by atoms with E-state index in [1.807, 2.05) is 24.3 Å². The highest BCUT2D eigenvalue weighted by Crippen LogP contribution is 2.22. The Kier molecular flexibility index (Phi) is 6.07. The quantitative estimate of drug-likeness (QED) is 0.461. The zero-order valence-corrected chi connectivity index (χ0v) is 13.4. The molecule has 0 atom stereocenters. The van der Waals surface area contributed by atoms with Gasteiger partial charge in [0.2, 0.25) is 5.16 Å². The van der Waals surface area contributed by atoms with Crippen molar-refractivity contribution < 1.29 is 4.74 Å². The Hall–Kier alpha value is -1.53. The minimum absolute atomic E-state index is 0.705. The number of hydrogen-bond acceptors (Lipinski definition) is 5. The van der Waals surface area contributed by atoms with Gasteiger partial charge < -0.3 is 10.6 Å². The monoisotopic (exact) mass is 306 g/mol. The van der Waals surface area contributed by atoms with Gasteiger partial charge in [-0.1, -0.05) is 48.0 Å². The predicted molar refractivity (Wildman–Crippen MR) is 86.8 cm³/mol. The lowest BCUT2D eigenvalue weighted by Crippen LogP contribution is -2.11. The summed E-state index contributed by atoms with van der Waals surface area (Å²) in [4.78, 5) is 0. The van der Waals surface area contributed by atoms with Crippen LogP contribution < -0.4 is 5.84 Å². The van der Waals surface area contributed by atoms with Gasteiger partial charge in [-0.15, -0.1) is 10.2 Å². The molecule has 1 aromatic heterocycles. The average Bonchev–Trinajstić information content (AvgIpc) is 2.85. The minimum atomic E-state index is 0.705. The molecule has 0 radical (unpaired) electrons. The lowest BCUT2D eigenvalue weighted by atomic mass is 10.1. The molecule has 5 nitrogen and oxygen atoms in total. The summed E-state index contributed by atoms with van der Waals surface area (Å²) in [7, 11) is 1.73. The molecule has 0 aliphatic carbocycles. The fourth-order valence-electron chi connectivity index (χ4n) is 1.96. The van der Waals surface area contributed by atoms with E-state index in [0.717, 1.165) is 42.3 Å². The molecule has 0 spiro atoms. The van der Waals surface area contributed by atoms with Crippen molar-refractivity contribution in [2.45, 2.75) is 31.3 Å². The van der Waals surface area contributed by atoms with Gasteiger partial charge in [0.25, 0.3) is 0 Å². The molecule has 114 valence electrons. The Morgan fingerprint density at radius 1 is 1.14 bits per heavy atom. The summed E-state index contributed by atoms with van der Waals surface area (Å²) >= 11 is 1.65. The van der Waals surface area contributed by atoms with E-state index in [0.29, 0.717) is 5.82 Å². The van der Waals surface area contributed by atoms with E-state index in [1.54, 1.807) is 23.5 Å². The summed E-state index contributed by atoms with van der Waals surface area (Å²) in [5, 5.41) is 9.13. The van der Waals surface area contributed by atoms with Gasteiger partial charge in [0.15, 0.2) is 5.82 Å². The minimum Gasteiger partial charge on any atom is -0.385 e. The number of methoxy groups -OCH3 is 1. The Labute approximate surface area is 129 Å². The number of benzene rings is 1. The summed E-state index contributed by atoms with van der Waals surface area (Å²) in [5.41, 5.74) is 2.20. The molecule has 0 aliphatic rings. The van der Waals surface area contributed by atoms with Crippen LogP contribution in [0.5, 0.6) is 0 Å². The molecular weight excluding hydrogens is 284 g/mol. The van der Waals surface area contributed by atoms with Crippen molar-refractivity contribution in [1.29, 1.82) is 0 Å². The van der Waals surface area contributed by atoms with Gasteiger partial charge in [-0.3, -0.25) is 0 Å². The standard InChI is InChI=1S/C15H22N4OS/c1-12-6-8-13(9-7-12)14-17-18-15(19(14)16)21-11-5-3-4-10-20-2/h6-9H,3-5,10-11,16H2,1-2H3. The second-order valence-corrected chi connectivity index (χ2v) is 6.01. The molecular formula is C15H22N4OS. The van der Waals surface area contributed by atoms with Crippen molar-refractivity contribution >= 4 is 11.8 Å². The van der Waals surface area contributed by atoms with Crippen molar-refractivity contribution in [2.75, 3.05) is 25.3 Å². The third-order valence-electron chi connectivity index (χ3n) is 3.20. The first-order valence-corrected chi connectivity index (χ1v) is 8.10. The second-order valence-electron chi connectivity index (χ2n) is 4.94. The molecule has 1 heterocycles. The largest absolute Gasteiger partial charge is 0.385 e. The van der Waals surface area contributed by atoms with Crippen molar-refractivity contribution in [1.82, 2.24) is 14.9 Å². The lowest BCUT2D eigenvalue weighted by Gasteiger charge is -2.04. The topological polar surface area (TPSA) is 66.0 Å². The summed E-state index contributed by atoms with van der Waals surface area (Å²) in [6, 6.07) is 8.13. The first-order chi connectivity index (χ1) is 10.2. The maximum absolute atomic E-state index is 6.09. The van der Waals surface area contributed by atoms with Crippen molar-refractivity contribution in [3.05, 3.63) is 29.8 Å². The number of nitrogen functional groups attached to an aromatic ring is 1. The van der Waals surface area contributed by atoms with E-state index in [2.05, 4.69) is 17.1 Å². The molecule has 2 rings (SSSR count). The lowest BCUT2D eigenvalue weighted by molar-refractivity contribution is 0.192. The molecule has 0 amide bonds. The number of thioether (sulfide) groups is 1. The van der Waals surface area contributed by atoms with Crippen molar-refractivity contribution in [2.24, 2.45) is 0 Å². The number of nitrogens with zero attached hydrogens (tertiary/aromatic N) is 3. The Morgan fingerprint density at radius 3 is 2.62 bits per heavy atom. The maximum Gasteiger partial charge on any atom is 0.210 e. The smallest absolute Gasteiger partial charge is 0.210 e. The highest BCUT2D eigenvalue weighted by atomic mass is 32.2. The number of ether oxygens (including phenoxy) is 1. The zero-order valence-electron chi connectivity index (χ0n) is 12.6. The molecule has 0 aliphatic heterocycles. The number of unbranched alkanes of at least 4 members (excludes halogenated alkanes) is 2. The Balaban J connectivity index is 1.90. The fraction of sp³-hybridized carbons (Fsp3) is 0.467. The third kappa shape index (κ3) is 4.47. The number of nitrogens with two attached hydrogens (primary N) is 1.